The van der Waals surface area contributed by atoms with Crippen LogP contribution >= 0.6 is 0 Å². The number of hydrogen-bond donors (Lipinski definition) is 1. The van der Waals surface area contributed by atoms with Gasteiger partial charge in [0.1, 0.15) is 34.7 Å². The van der Waals surface area contributed by atoms with Crippen molar-refractivity contribution in [3.05, 3.63) is 82.6 Å². The molecule has 0 saturated carbocycles. The third-order valence-electron chi connectivity index (χ3n) is 10.9. The van der Waals surface area contributed by atoms with Crippen LogP contribution in [0.15, 0.2) is 69.6 Å². The van der Waals surface area contributed by atoms with Gasteiger partial charge in [0.05, 0.1) is 104 Å². The Balaban J connectivity index is 1.61. The topological polar surface area (TPSA) is 257 Å². The number of hydrogen-bond acceptors (Lipinski definition) is 17. The average molecular weight is 985 g/mol. The number of allylic oxidation sites excluding steroid dienone is 3. The van der Waals surface area contributed by atoms with Gasteiger partial charge in [-0.1, -0.05) is 26.8 Å². The van der Waals surface area contributed by atoms with Gasteiger partial charge in [0.15, 0.2) is 0 Å². The first-order valence-electron chi connectivity index (χ1n) is 21.9. The highest BCUT2D eigenvalue weighted by Gasteiger charge is 2.43. The summed E-state index contributed by atoms with van der Waals surface area (Å²) >= 11 is 0. The molecule has 4 rings (SSSR count). The maximum Gasteiger partial charge on any atom is 0.203 e. The SMILES string of the molecule is CC[N+](CCCS(=O)(=O)[O-])=c1ccc2c(C(C)(C)C)cc(/C=C/C=C3/N(CCOCCOCCOCCOCCOCCO)c4ccc(S(=O)(=O)[O-])cc4C3(C)CCCS(=O)(=O)[O-])oc-2c1. The summed E-state index contributed by atoms with van der Waals surface area (Å²) in [6.07, 6.45) is 5.58. The second-order valence-electron chi connectivity index (χ2n) is 16.9. The van der Waals surface area contributed by atoms with Crippen molar-refractivity contribution in [2.24, 2.45) is 0 Å². The van der Waals surface area contributed by atoms with E-state index in [2.05, 4.69) is 20.8 Å². The van der Waals surface area contributed by atoms with E-state index in [1.165, 1.54) is 18.2 Å². The highest BCUT2D eigenvalue weighted by atomic mass is 32.2. The second kappa shape index (κ2) is 25.2. The van der Waals surface area contributed by atoms with Gasteiger partial charge in [-0.05, 0) is 85.7 Å². The molecule has 1 aliphatic carbocycles. The first-order valence-corrected chi connectivity index (χ1v) is 26.4. The molecule has 0 aromatic heterocycles. The largest absolute Gasteiger partial charge is 0.748 e. The molecule has 2 heterocycles. The van der Waals surface area contributed by atoms with Gasteiger partial charge in [0.2, 0.25) is 5.36 Å². The van der Waals surface area contributed by atoms with Gasteiger partial charge >= 0.3 is 0 Å². The molecule has 66 heavy (non-hydrogen) atoms. The van der Waals surface area contributed by atoms with E-state index >= 15 is 0 Å². The summed E-state index contributed by atoms with van der Waals surface area (Å²) in [5.74, 6) is -0.0560. The van der Waals surface area contributed by atoms with Crippen molar-refractivity contribution >= 4 is 42.1 Å². The quantitative estimate of drug-likeness (QED) is 0.0594. The molecule has 0 bridgehead atoms. The third-order valence-corrected chi connectivity index (χ3v) is 13.3. The molecule has 21 heteroatoms. The van der Waals surface area contributed by atoms with Gasteiger partial charge in [-0.15, -0.1) is 0 Å². The Labute approximate surface area is 389 Å². The van der Waals surface area contributed by atoms with Crippen molar-refractivity contribution in [3.63, 3.8) is 0 Å². The summed E-state index contributed by atoms with van der Waals surface area (Å²) < 4.78 is 142. The number of aliphatic hydroxyl groups excluding tert-OH is 1. The molecule has 0 spiro atoms. The lowest BCUT2D eigenvalue weighted by molar-refractivity contribution is -0.0128. The van der Waals surface area contributed by atoms with E-state index in [0.29, 0.717) is 81.2 Å². The van der Waals surface area contributed by atoms with Crippen molar-refractivity contribution < 1.29 is 72.1 Å². The van der Waals surface area contributed by atoms with E-state index in [-0.39, 0.29) is 64.3 Å². The lowest BCUT2D eigenvalue weighted by atomic mass is 9.77. The van der Waals surface area contributed by atoms with E-state index in [9.17, 15) is 38.9 Å². The molecule has 1 N–H and O–H groups in total. The minimum Gasteiger partial charge on any atom is -0.748 e. The summed E-state index contributed by atoms with van der Waals surface area (Å²) in [4.78, 5) is 1.47. The lowest BCUT2D eigenvalue weighted by Gasteiger charge is -2.30. The molecule has 0 amide bonds. The van der Waals surface area contributed by atoms with Gasteiger partial charge in [-0.3, -0.25) is 0 Å². The standard InChI is InChI=1S/C45H66N2O16S3/c1-6-46(17-9-31-65(52,53)54)35-12-14-38-39(44(2,3)4)33-36(63-42(38)32-35)10-7-11-43-45(5,16-8-30-64(49,50)51)40-34-37(66(55,56)57)13-15-41(40)47(43)18-20-58-22-24-60-26-28-62-29-27-61-25-23-59-21-19-48/h7,10-15,32-34,48H,6,8-9,16-31H2,1-5H3,(H2-,49,50,51,52,53,54,55,56,57)/p-2. The Bertz CT molecular complexity index is 2480. The highest BCUT2D eigenvalue weighted by Crippen LogP contribution is 2.51. The molecule has 0 saturated heterocycles. The summed E-state index contributed by atoms with van der Waals surface area (Å²) in [6.45, 7) is 14.4. The van der Waals surface area contributed by atoms with Crippen molar-refractivity contribution in [3.8, 4) is 11.3 Å². The van der Waals surface area contributed by atoms with Gasteiger partial charge in [-0.25, -0.2) is 29.8 Å². The second-order valence-corrected chi connectivity index (χ2v) is 21.3. The van der Waals surface area contributed by atoms with Gasteiger partial charge in [0.25, 0.3) is 0 Å². The monoisotopic (exact) mass is 984 g/mol. The summed E-state index contributed by atoms with van der Waals surface area (Å²) in [7, 11) is -13.8. The zero-order valence-corrected chi connectivity index (χ0v) is 40.8. The van der Waals surface area contributed by atoms with Crippen LogP contribution in [0.4, 0.5) is 5.69 Å². The first-order chi connectivity index (χ1) is 31.1. The lowest BCUT2D eigenvalue weighted by Crippen LogP contribution is -2.31. The summed E-state index contributed by atoms with van der Waals surface area (Å²) in [5.41, 5.74) is 2.17. The zero-order chi connectivity index (χ0) is 48.6. The van der Waals surface area contributed by atoms with Crippen LogP contribution in [0.5, 0.6) is 0 Å². The molecule has 1 atom stereocenters. The number of benzene rings is 2. The Hall–Kier alpha value is -3.58. The normalized spacial score (nSPS) is 17.1. The number of nitrogens with zero attached hydrogens (tertiary/aromatic N) is 2. The van der Waals surface area contributed by atoms with E-state index in [1.54, 1.807) is 12.2 Å². The van der Waals surface area contributed by atoms with Crippen LogP contribution in [-0.2, 0) is 64.9 Å². The minimum atomic E-state index is -4.87. The van der Waals surface area contributed by atoms with E-state index in [4.69, 9.17) is 33.2 Å². The predicted molar refractivity (Wildman–Crippen MR) is 245 cm³/mol. The van der Waals surface area contributed by atoms with E-state index in [1.807, 2.05) is 53.7 Å². The summed E-state index contributed by atoms with van der Waals surface area (Å²) in [6, 6.07) is 11.8. The molecule has 2 aliphatic heterocycles. The van der Waals surface area contributed by atoms with Crippen molar-refractivity contribution in [2.75, 3.05) is 109 Å². The van der Waals surface area contributed by atoms with Crippen molar-refractivity contribution in [2.45, 2.75) is 69.6 Å². The molecule has 370 valence electrons. The van der Waals surface area contributed by atoms with Gasteiger partial charge in [0, 0.05) is 52.9 Å². The molecule has 18 nitrogen and oxygen atoms in total. The molecule has 3 aliphatic rings. The van der Waals surface area contributed by atoms with Crippen LogP contribution in [0.2, 0.25) is 0 Å². The molecular formula is C45H64N2O16S3-2. The molecular weight excluding hydrogens is 921 g/mol. The average Bonchev–Trinajstić information content (AvgIpc) is 3.45. The Morgan fingerprint density at radius 1 is 0.773 bits per heavy atom. The van der Waals surface area contributed by atoms with Crippen LogP contribution in [0.3, 0.4) is 0 Å². The van der Waals surface area contributed by atoms with Crippen LogP contribution < -0.4 is 14.8 Å². The molecule has 1 aromatic carbocycles. The van der Waals surface area contributed by atoms with Crippen LogP contribution in [0, 0.1) is 0 Å². The first kappa shape index (κ1) is 55.0. The van der Waals surface area contributed by atoms with Crippen LogP contribution in [0.25, 0.3) is 17.4 Å². The number of anilines is 1. The van der Waals surface area contributed by atoms with Crippen molar-refractivity contribution in [1.29, 1.82) is 0 Å². The van der Waals surface area contributed by atoms with Gasteiger partial charge < -0.3 is 51.8 Å². The number of fused-ring (bicyclic) bond motifs is 2. The smallest absolute Gasteiger partial charge is 0.203 e. The van der Waals surface area contributed by atoms with Crippen LogP contribution in [0.1, 0.15) is 70.8 Å². The fourth-order valence-electron chi connectivity index (χ4n) is 7.73. The Kier molecular flexibility index (Phi) is 21.0. The number of rotatable bonds is 29. The summed E-state index contributed by atoms with van der Waals surface area (Å²) in [5, 5.41) is 9.50. The minimum absolute atomic E-state index is 0.0390. The Morgan fingerprint density at radius 2 is 1.35 bits per heavy atom. The maximum absolute atomic E-state index is 12.3. The number of aliphatic hydroxyl groups is 1. The highest BCUT2D eigenvalue weighted by molar-refractivity contribution is 7.86. The van der Waals surface area contributed by atoms with Gasteiger partial charge in [-0.2, -0.15) is 0 Å². The molecule has 0 fully saturated rings. The van der Waals surface area contributed by atoms with Crippen LogP contribution in [-0.4, -0.2) is 148 Å². The predicted octanol–water partition coefficient (Wildman–Crippen LogP) is 3.39. The fourth-order valence-corrected chi connectivity index (χ4v) is 9.20. The Morgan fingerprint density at radius 3 is 1.89 bits per heavy atom. The molecule has 1 aromatic rings. The zero-order valence-electron chi connectivity index (χ0n) is 38.4. The molecule has 0 radical (unpaired) electrons. The van der Waals surface area contributed by atoms with E-state index < -0.39 is 52.2 Å². The van der Waals surface area contributed by atoms with E-state index in [0.717, 1.165) is 16.5 Å². The van der Waals surface area contributed by atoms with Crippen molar-refractivity contribution in [1.82, 2.24) is 4.58 Å². The molecule has 1 unspecified atom stereocenters. The number of ether oxygens (including phenoxy) is 5. The maximum atomic E-state index is 12.3. The fraction of sp³-hybridized carbons (Fsp3) is 0.578. The third kappa shape index (κ3) is 17.2.